The second-order valence-corrected chi connectivity index (χ2v) is 5.68. The molecule has 112 valence electrons. The minimum atomic E-state index is -0.629. The fourth-order valence-electron chi connectivity index (χ4n) is 2.70. The summed E-state index contributed by atoms with van der Waals surface area (Å²) in [6.07, 6.45) is 0.324. The summed E-state index contributed by atoms with van der Waals surface area (Å²) < 4.78 is 0. The number of rotatable bonds is 4. The molecule has 0 aromatic heterocycles. The first-order chi connectivity index (χ1) is 9.77. The van der Waals surface area contributed by atoms with Crippen molar-refractivity contribution < 1.29 is 14.5 Å². The van der Waals surface area contributed by atoms with Gasteiger partial charge in [0.15, 0.2) is 6.29 Å². The molecule has 0 spiro atoms. The van der Waals surface area contributed by atoms with Crippen LogP contribution in [0.1, 0.15) is 19.4 Å². The van der Waals surface area contributed by atoms with E-state index in [0.717, 1.165) is 0 Å². The SMILES string of the molecule is Cc1cc(N2CNC(C)(C)C2C(=O)C=O)ccc1[N+](=O)[O-]. The Morgan fingerprint density at radius 2 is 2.19 bits per heavy atom. The number of anilines is 1. The molecule has 1 N–H and O–H groups in total. The monoisotopic (exact) mass is 291 g/mol. The van der Waals surface area contributed by atoms with Crippen LogP contribution in [0.3, 0.4) is 0 Å². The van der Waals surface area contributed by atoms with Crippen LogP contribution in [0, 0.1) is 17.0 Å². The molecule has 7 nitrogen and oxygen atoms in total. The fraction of sp³-hybridized carbons (Fsp3) is 0.429. The number of hydrogen-bond acceptors (Lipinski definition) is 6. The fourth-order valence-corrected chi connectivity index (χ4v) is 2.70. The Labute approximate surface area is 122 Å². The number of nitrogens with zero attached hydrogens (tertiary/aromatic N) is 2. The van der Waals surface area contributed by atoms with E-state index < -0.39 is 22.3 Å². The summed E-state index contributed by atoms with van der Waals surface area (Å²) >= 11 is 0. The maximum absolute atomic E-state index is 11.9. The van der Waals surface area contributed by atoms with Gasteiger partial charge in [-0.3, -0.25) is 25.0 Å². The molecule has 0 aliphatic carbocycles. The van der Waals surface area contributed by atoms with Gasteiger partial charge in [-0.25, -0.2) is 0 Å². The van der Waals surface area contributed by atoms with Crippen molar-refractivity contribution >= 4 is 23.4 Å². The summed E-state index contributed by atoms with van der Waals surface area (Å²) in [6, 6.07) is 4.04. The smallest absolute Gasteiger partial charge is 0.272 e. The third-order valence-corrected chi connectivity index (χ3v) is 3.79. The van der Waals surface area contributed by atoms with Crippen molar-refractivity contribution in [1.82, 2.24) is 5.32 Å². The summed E-state index contributed by atoms with van der Waals surface area (Å²) in [5.41, 5.74) is 0.674. The highest BCUT2D eigenvalue weighted by Crippen LogP contribution is 2.31. The zero-order chi connectivity index (χ0) is 15.8. The van der Waals surface area contributed by atoms with Crippen LogP contribution in [0.15, 0.2) is 18.2 Å². The number of nitro groups is 1. The summed E-state index contributed by atoms with van der Waals surface area (Å²) in [7, 11) is 0. The molecule has 7 heteroatoms. The number of hydrogen-bond donors (Lipinski definition) is 1. The number of nitro benzene ring substituents is 1. The molecule has 1 unspecified atom stereocenters. The van der Waals surface area contributed by atoms with Gasteiger partial charge in [0.2, 0.25) is 5.78 Å². The summed E-state index contributed by atoms with van der Waals surface area (Å²) in [5, 5.41) is 14.0. The molecule has 0 saturated carbocycles. The average molecular weight is 291 g/mol. The van der Waals surface area contributed by atoms with Crippen LogP contribution in [0.25, 0.3) is 0 Å². The van der Waals surface area contributed by atoms with E-state index in [0.29, 0.717) is 24.2 Å². The largest absolute Gasteiger partial charge is 0.346 e. The Morgan fingerprint density at radius 1 is 1.52 bits per heavy atom. The van der Waals surface area contributed by atoms with E-state index in [-0.39, 0.29) is 5.69 Å². The summed E-state index contributed by atoms with van der Waals surface area (Å²) in [6.45, 7) is 5.73. The first-order valence-corrected chi connectivity index (χ1v) is 6.53. The predicted octanol–water partition coefficient (Wildman–Crippen LogP) is 1.19. The van der Waals surface area contributed by atoms with Gasteiger partial charge in [0.05, 0.1) is 11.6 Å². The average Bonchev–Trinajstić information content (AvgIpc) is 2.73. The summed E-state index contributed by atoms with van der Waals surface area (Å²) in [5.74, 6) is -0.513. The number of aryl methyl sites for hydroxylation is 1. The minimum absolute atomic E-state index is 0.0310. The highest BCUT2D eigenvalue weighted by atomic mass is 16.6. The number of ketones is 1. The molecule has 0 bridgehead atoms. The molecule has 1 saturated heterocycles. The van der Waals surface area contributed by atoms with E-state index in [4.69, 9.17) is 0 Å². The highest BCUT2D eigenvalue weighted by molar-refractivity contribution is 6.28. The molecule has 1 fully saturated rings. The topological polar surface area (TPSA) is 92.6 Å². The van der Waals surface area contributed by atoms with E-state index in [1.165, 1.54) is 6.07 Å². The molecule has 1 heterocycles. The van der Waals surface area contributed by atoms with Crippen molar-refractivity contribution in [2.75, 3.05) is 11.6 Å². The first-order valence-electron chi connectivity index (χ1n) is 6.53. The van der Waals surface area contributed by atoms with E-state index in [2.05, 4.69) is 5.32 Å². The van der Waals surface area contributed by atoms with Gasteiger partial charge in [-0.2, -0.15) is 0 Å². The molecule has 2 rings (SSSR count). The van der Waals surface area contributed by atoms with E-state index in [9.17, 15) is 19.7 Å². The lowest BCUT2D eigenvalue weighted by Crippen LogP contribution is -2.50. The van der Waals surface area contributed by atoms with Gasteiger partial charge in [-0.15, -0.1) is 0 Å². The minimum Gasteiger partial charge on any atom is -0.346 e. The Morgan fingerprint density at radius 3 is 2.71 bits per heavy atom. The van der Waals surface area contributed by atoms with Gasteiger partial charge < -0.3 is 4.90 Å². The molecule has 21 heavy (non-hydrogen) atoms. The van der Waals surface area contributed by atoms with Gasteiger partial charge in [-0.05, 0) is 32.9 Å². The molecular weight excluding hydrogens is 274 g/mol. The number of carbonyl (C=O) groups is 2. The van der Waals surface area contributed by atoms with Crippen LogP contribution >= 0.6 is 0 Å². The zero-order valence-electron chi connectivity index (χ0n) is 12.1. The second kappa shape index (κ2) is 5.25. The van der Waals surface area contributed by atoms with Crippen molar-refractivity contribution in [2.45, 2.75) is 32.4 Å². The first kappa shape index (κ1) is 15.1. The molecule has 1 aliphatic rings. The van der Waals surface area contributed by atoms with Crippen molar-refractivity contribution in [2.24, 2.45) is 0 Å². The van der Waals surface area contributed by atoms with Crippen molar-refractivity contribution in [3.8, 4) is 0 Å². The van der Waals surface area contributed by atoms with Crippen LogP contribution < -0.4 is 10.2 Å². The Hall–Kier alpha value is -2.28. The lowest BCUT2D eigenvalue weighted by Gasteiger charge is -2.30. The summed E-state index contributed by atoms with van der Waals surface area (Å²) in [4.78, 5) is 35.0. The van der Waals surface area contributed by atoms with Crippen LogP contribution in [0.5, 0.6) is 0 Å². The van der Waals surface area contributed by atoms with Crippen molar-refractivity contribution in [3.05, 3.63) is 33.9 Å². The van der Waals surface area contributed by atoms with Crippen molar-refractivity contribution in [3.63, 3.8) is 0 Å². The van der Waals surface area contributed by atoms with Crippen LogP contribution in [0.2, 0.25) is 0 Å². The quantitative estimate of drug-likeness (QED) is 0.387. The Balaban J connectivity index is 2.41. The number of nitrogens with one attached hydrogen (secondary N) is 1. The molecule has 1 aromatic rings. The zero-order valence-corrected chi connectivity index (χ0v) is 12.1. The van der Waals surface area contributed by atoms with Crippen molar-refractivity contribution in [1.29, 1.82) is 0 Å². The molecule has 0 amide bonds. The second-order valence-electron chi connectivity index (χ2n) is 5.68. The maximum Gasteiger partial charge on any atom is 0.272 e. The lowest BCUT2D eigenvalue weighted by atomic mass is 9.92. The number of aldehydes is 1. The van der Waals surface area contributed by atoms with Gasteiger partial charge in [0.1, 0.15) is 6.04 Å². The van der Waals surface area contributed by atoms with Gasteiger partial charge >= 0.3 is 0 Å². The van der Waals surface area contributed by atoms with Gasteiger partial charge in [-0.1, -0.05) is 0 Å². The molecule has 0 radical (unpaired) electrons. The number of Topliss-reactive ketones (excluding diaryl/α,β-unsaturated/α-hetero) is 1. The molecule has 1 atom stereocenters. The van der Waals surface area contributed by atoms with Crippen LogP contribution in [-0.4, -0.2) is 35.2 Å². The van der Waals surface area contributed by atoms with E-state index >= 15 is 0 Å². The van der Waals surface area contributed by atoms with Gasteiger partial charge in [0, 0.05) is 22.9 Å². The Bertz CT molecular complexity index is 612. The van der Waals surface area contributed by atoms with Gasteiger partial charge in [0.25, 0.3) is 5.69 Å². The number of carbonyl (C=O) groups excluding carboxylic acids is 2. The van der Waals surface area contributed by atoms with E-state index in [1.54, 1.807) is 24.0 Å². The van der Waals surface area contributed by atoms with Crippen LogP contribution in [-0.2, 0) is 9.59 Å². The van der Waals surface area contributed by atoms with Crippen LogP contribution in [0.4, 0.5) is 11.4 Å². The molecule has 1 aromatic carbocycles. The normalized spacial score (nSPS) is 20.3. The Kier molecular flexibility index (Phi) is 3.78. The number of benzene rings is 1. The predicted molar refractivity (Wildman–Crippen MR) is 77.3 cm³/mol. The van der Waals surface area contributed by atoms with E-state index in [1.807, 2.05) is 13.8 Å². The third-order valence-electron chi connectivity index (χ3n) is 3.79. The highest BCUT2D eigenvalue weighted by Gasteiger charge is 2.44. The maximum atomic E-state index is 11.9. The molecule has 1 aliphatic heterocycles. The lowest BCUT2D eigenvalue weighted by molar-refractivity contribution is -0.385. The molecular formula is C14H17N3O4. The third kappa shape index (κ3) is 2.64. The standard InChI is InChI=1S/C14H17N3O4/c1-9-6-10(4-5-11(9)17(20)21)16-8-15-14(2,3)13(16)12(19)7-18/h4-7,13,15H,8H2,1-3H3.